The summed E-state index contributed by atoms with van der Waals surface area (Å²) in [4.78, 5) is 44.4. The van der Waals surface area contributed by atoms with E-state index in [0.717, 1.165) is 0 Å². The Morgan fingerprint density at radius 3 is 0.905 bits per heavy atom. The topological polar surface area (TPSA) is 105 Å². The number of terminal acetylenes is 4. The molecule has 0 saturated heterocycles. The number of carbonyl (C=O) groups is 4. The van der Waals surface area contributed by atoms with Gasteiger partial charge in [0.05, 0.1) is 0 Å². The summed E-state index contributed by atoms with van der Waals surface area (Å²) in [6, 6.07) is 0. The van der Waals surface area contributed by atoms with Crippen molar-refractivity contribution in [3.8, 4) is 49.4 Å². The first-order valence-corrected chi connectivity index (χ1v) is 7.15. The molecule has 0 aromatic carbocycles. The van der Waals surface area contributed by atoms with E-state index in [0.29, 0.717) is 0 Å². The van der Waals surface area contributed by atoms with Gasteiger partial charge in [-0.15, -0.1) is 0 Å². The Labute approximate surface area is 124 Å². The molecule has 0 saturated carbocycles. The molecule has 0 amide bonds. The molecule has 0 spiro atoms. The summed E-state index contributed by atoms with van der Waals surface area (Å²) in [5.41, 5.74) is 0. The second kappa shape index (κ2) is 8.09. The summed E-state index contributed by atoms with van der Waals surface area (Å²) in [6.07, 6.45) is 18.9. The van der Waals surface area contributed by atoms with E-state index in [1.807, 2.05) is 0 Å². The summed E-state index contributed by atoms with van der Waals surface area (Å²) in [5, 5.41) is 0. The van der Waals surface area contributed by atoms with E-state index in [2.05, 4.69) is 13.3 Å². The fourth-order valence-electron chi connectivity index (χ4n) is 0.697. The van der Waals surface area contributed by atoms with Gasteiger partial charge in [0.2, 0.25) is 0 Å². The Kier molecular flexibility index (Phi) is 6.87. The van der Waals surface area contributed by atoms with Gasteiger partial charge >= 0.3 is 124 Å². The number of hydrogen-bond donors (Lipinski definition) is 0. The first-order chi connectivity index (χ1) is 9.82. The molecule has 0 aliphatic carbocycles. The van der Waals surface area contributed by atoms with Gasteiger partial charge in [0.1, 0.15) is 0 Å². The van der Waals surface area contributed by atoms with Gasteiger partial charge in [-0.3, -0.25) is 0 Å². The van der Waals surface area contributed by atoms with E-state index >= 15 is 0 Å². The van der Waals surface area contributed by atoms with Crippen molar-refractivity contribution in [1.29, 1.82) is 0 Å². The quantitative estimate of drug-likeness (QED) is 0.455. The number of carbonyl (C=O) groups excluding carboxylic acids is 4. The summed E-state index contributed by atoms with van der Waals surface area (Å²) < 4.78 is 17.6. The van der Waals surface area contributed by atoms with Crippen molar-refractivity contribution >= 4 is 23.9 Å². The predicted molar refractivity (Wildman–Crippen MR) is 59.7 cm³/mol. The molecule has 0 aromatic rings. The zero-order valence-corrected chi connectivity index (χ0v) is 11.6. The van der Waals surface area contributed by atoms with E-state index in [9.17, 15) is 19.2 Å². The number of rotatable bonds is 4. The van der Waals surface area contributed by atoms with Crippen LogP contribution in [0.3, 0.4) is 0 Å². The summed E-state index contributed by atoms with van der Waals surface area (Å²) in [5.74, 6) is -0.0505. The molecular weight excluding hydrogens is 320 g/mol. The van der Waals surface area contributed by atoms with Gasteiger partial charge in [0, 0.05) is 0 Å². The van der Waals surface area contributed by atoms with Crippen LogP contribution in [0.15, 0.2) is 0 Å². The van der Waals surface area contributed by atoms with Crippen LogP contribution in [-0.2, 0) is 50.6 Å². The Morgan fingerprint density at radius 1 is 0.571 bits per heavy atom. The molecule has 0 unspecified atom stereocenters. The van der Waals surface area contributed by atoms with Crippen molar-refractivity contribution in [3.05, 3.63) is 0 Å². The Morgan fingerprint density at radius 2 is 0.762 bits per heavy atom. The van der Waals surface area contributed by atoms with E-state index in [4.69, 9.17) is 25.7 Å². The molecule has 0 rings (SSSR count). The van der Waals surface area contributed by atoms with Crippen LogP contribution in [0.25, 0.3) is 0 Å². The van der Waals surface area contributed by atoms with Gasteiger partial charge in [-0.25, -0.2) is 0 Å². The van der Waals surface area contributed by atoms with Crippen molar-refractivity contribution in [2.75, 3.05) is 0 Å². The molecule has 0 radical (unpaired) electrons. The standard InChI is InChI=1S/4C3H2O2.Ti/c4*1-2-3(4)5;/h4*1H,(H,4,5);/q;;;;+4/p-4. The maximum atomic E-state index is 11.1. The molecule has 9 heteroatoms. The minimum atomic E-state index is -5.70. The number of hydrogen-bond acceptors (Lipinski definition) is 8. The fourth-order valence-corrected chi connectivity index (χ4v) is 2.87. The van der Waals surface area contributed by atoms with Crippen LogP contribution < -0.4 is 0 Å². The van der Waals surface area contributed by atoms with Gasteiger partial charge in [0.15, 0.2) is 0 Å². The Bertz CT molecular complexity index is 531. The summed E-state index contributed by atoms with van der Waals surface area (Å²) >= 11 is -5.70. The normalized spacial score (nSPS) is 8.57. The van der Waals surface area contributed by atoms with E-state index in [1.54, 1.807) is 0 Å². The zero-order valence-electron chi connectivity index (χ0n) is 10.1. The van der Waals surface area contributed by atoms with Crippen molar-refractivity contribution in [2.45, 2.75) is 0 Å². The third-order valence-corrected chi connectivity index (χ3v) is 4.06. The summed E-state index contributed by atoms with van der Waals surface area (Å²) in [6.45, 7) is 0. The van der Waals surface area contributed by atoms with Gasteiger partial charge in [-0.05, 0) is 0 Å². The fraction of sp³-hybridized carbons (Fsp3) is 0. The van der Waals surface area contributed by atoms with Gasteiger partial charge in [-0.1, -0.05) is 0 Å². The van der Waals surface area contributed by atoms with Crippen LogP contribution in [0.4, 0.5) is 0 Å². The van der Waals surface area contributed by atoms with E-state index in [1.165, 1.54) is 23.7 Å². The molecule has 0 bridgehead atoms. The van der Waals surface area contributed by atoms with Gasteiger partial charge in [0.25, 0.3) is 0 Å². The van der Waals surface area contributed by atoms with Gasteiger partial charge in [-0.2, -0.15) is 0 Å². The van der Waals surface area contributed by atoms with Crippen LogP contribution in [0.5, 0.6) is 0 Å². The van der Waals surface area contributed by atoms with Crippen molar-refractivity contribution in [1.82, 2.24) is 0 Å². The molecule has 0 N–H and O–H groups in total. The third kappa shape index (κ3) is 6.01. The Balaban J connectivity index is 5.70. The van der Waals surface area contributed by atoms with E-state index in [-0.39, 0.29) is 0 Å². The molecule has 104 valence electrons. The molecule has 0 aliphatic rings. The molecule has 0 atom stereocenters. The monoisotopic (exact) mass is 324 g/mol. The van der Waals surface area contributed by atoms with Crippen LogP contribution in [-0.4, -0.2) is 23.9 Å². The van der Waals surface area contributed by atoms with Crippen molar-refractivity contribution in [2.24, 2.45) is 0 Å². The SMILES string of the molecule is C#CC(=O)[O][Ti]([O]C(=O)C#C)([O]C(=O)C#C)[O]C(=O)C#C. The van der Waals surface area contributed by atoms with Crippen molar-refractivity contribution < 1.29 is 50.6 Å². The minimum absolute atomic E-state index is 1.45. The van der Waals surface area contributed by atoms with Crippen LogP contribution >= 0.6 is 0 Å². The van der Waals surface area contributed by atoms with Crippen LogP contribution in [0, 0.1) is 49.4 Å². The van der Waals surface area contributed by atoms with Crippen LogP contribution in [0.1, 0.15) is 0 Å². The predicted octanol–water partition coefficient (Wildman–Crippen LogP) is -1.49. The van der Waals surface area contributed by atoms with Crippen LogP contribution in [0.2, 0.25) is 0 Å². The molecule has 0 fully saturated rings. The molecule has 8 nitrogen and oxygen atoms in total. The average Bonchev–Trinajstić information content (AvgIpc) is 2.46. The van der Waals surface area contributed by atoms with E-state index < -0.39 is 42.0 Å². The maximum absolute atomic E-state index is 11.1. The van der Waals surface area contributed by atoms with Crippen molar-refractivity contribution in [3.63, 3.8) is 0 Å². The molecular formula is C12H4O8Ti. The van der Waals surface area contributed by atoms with Gasteiger partial charge < -0.3 is 0 Å². The second-order valence-corrected chi connectivity index (χ2v) is 5.47. The first-order valence-electron chi connectivity index (χ1n) is 4.60. The molecule has 0 heterocycles. The molecule has 21 heavy (non-hydrogen) atoms. The third-order valence-electron chi connectivity index (χ3n) is 1.34. The molecule has 0 aromatic heterocycles. The zero-order chi connectivity index (χ0) is 16.5. The second-order valence-electron chi connectivity index (χ2n) is 2.64. The Hall–Kier alpha value is -3.17. The summed E-state index contributed by atoms with van der Waals surface area (Å²) in [7, 11) is 0. The average molecular weight is 324 g/mol. The first kappa shape index (κ1) is 17.8. The molecule has 0 aliphatic heterocycles.